The number of nitrogen functional groups attached to an aromatic ring is 1. The molecule has 1 aromatic heterocycles. The summed E-state index contributed by atoms with van der Waals surface area (Å²) in [5.41, 5.74) is 14.2. The van der Waals surface area contributed by atoms with Crippen LogP contribution in [-0.2, 0) is 9.59 Å². The van der Waals surface area contributed by atoms with E-state index >= 15 is 0 Å². The van der Waals surface area contributed by atoms with Gasteiger partial charge in [-0.3, -0.25) is 29.3 Å². The first-order valence-electron chi connectivity index (χ1n) is 20.8. The highest BCUT2D eigenvalue weighted by Crippen LogP contribution is 2.35. The largest absolute Gasteiger partial charge is 0.457 e. The van der Waals surface area contributed by atoms with Crippen LogP contribution in [0.2, 0.25) is 0 Å². The van der Waals surface area contributed by atoms with Crippen molar-refractivity contribution < 1.29 is 28.7 Å². The number of hydrogen-bond acceptors (Lipinski definition) is 12. The number of rotatable bonds is 11. The Morgan fingerprint density at radius 3 is 2.23 bits per heavy atom. The number of nitrogens with two attached hydrogens (primary N) is 2. The lowest BCUT2D eigenvalue weighted by Gasteiger charge is -2.44. The van der Waals surface area contributed by atoms with Gasteiger partial charge in [0.15, 0.2) is 12.6 Å². The molecule has 0 radical (unpaired) electrons. The van der Waals surface area contributed by atoms with Gasteiger partial charge in [0.1, 0.15) is 29.1 Å². The molecule has 3 amide bonds. The summed E-state index contributed by atoms with van der Waals surface area (Å²) in [5.74, 6) is 1.39. The van der Waals surface area contributed by atoms with E-state index in [4.69, 9.17) is 15.6 Å². The SMILES string of the molecule is CN.CN(C(=O)c1ccc(N2CC(CN3CCNCC3)C2)cc1C=O)C1CCC(=O)NC1=O.Nc1c(C=O)c(-c2ccc(Oc3ccccc3)cc2)nn1C1CCCCC1. The number of aldehydes is 2. The summed E-state index contributed by atoms with van der Waals surface area (Å²) in [6.45, 7) is 7.22. The lowest BCUT2D eigenvalue weighted by atomic mass is 9.96. The summed E-state index contributed by atoms with van der Waals surface area (Å²) >= 11 is 0. The quantitative estimate of drug-likeness (QED) is 0.122. The first-order valence-corrected chi connectivity index (χ1v) is 20.8. The first-order chi connectivity index (χ1) is 29.2. The zero-order valence-corrected chi connectivity index (χ0v) is 34.6. The predicted octanol–water partition coefficient (Wildman–Crippen LogP) is 4.53. The van der Waals surface area contributed by atoms with Crippen molar-refractivity contribution in [3.8, 4) is 22.8 Å². The van der Waals surface area contributed by atoms with Crippen molar-refractivity contribution in [3.05, 3.63) is 89.5 Å². The van der Waals surface area contributed by atoms with Gasteiger partial charge in [-0.15, -0.1) is 0 Å². The van der Waals surface area contributed by atoms with Gasteiger partial charge in [-0.05, 0) is 80.9 Å². The molecule has 1 aliphatic carbocycles. The number of anilines is 2. The van der Waals surface area contributed by atoms with Crippen LogP contribution in [0.4, 0.5) is 11.5 Å². The molecule has 15 heteroatoms. The summed E-state index contributed by atoms with van der Waals surface area (Å²) in [4.78, 5) is 65.8. The molecule has 15 nitrogen and oxygen atoms in total. The zero-order chi connectivity index (χ0) is 42.6. The Labute approximate surface area is 351 Å². The summed E-state index contributed by atoms with van der Waals surface area (Å²) < 4.78 is 7.68. The molecule has 60 heavy (non-hydrogen) atoms. The average molecular weight is 820 g/mol. The topological polar surface area (TPSA) is 198 Å². The molecule has 318 valence electrons. The van der Waals surface area contributed by atoms with E-state index in [1.807, 2.05) is 65.3 Å². The molecule has 3 saturated heterocycles. The standard InChI is InChI=1S/C22H29N5O4.C22H23N3O2.CH5N/c1-25(19-4-5-20(29)24-21(19)30)22(31)18-3-2-17(10-16(18)14-28)27-12-15(13-27)11-26-8-6-23-7-9-26;23-22-20(15-26)21(24-25(22)17-7-3-1-4-8-17)16-11-13-19(14-12-16)27-18-9-5-2-6-10-18;1-2/h2-3,10,14-15,19,23H,4-9,11-13H2,1H3,(H,24,29,30);2,5-6,9-15,17H,1,3-4,7-8,23H2;2H2,1H3. The average Bonchev–Trinajstić information content (AvgIpc) is 3.62. The second kappa shape index (κ2) is 20.9. The van der Waals surface area contributed by atoms with Crippen LogP contribution in [0, 0.1) is 5.92 Å². The molecule has 1 saturated carbocycles. The van der Waals surface area contributed by atoms with Crippen LogP contribution < -0.4 is 31.7 Å². The number of benzene rings is 3. The van der Waals surface area contributed by atoms with E-state index in [1.54, 1.807) is 12.1 Å². The molecule has 6 N–H and O–H groups in total. The van der Waals surface area contributed by atoms with E-state index in [1.165, 1.54) is 38.3 Å². The molecule has 4 aromatic rings. The predicted molar refractivity (Wildman–Crippen MR) is 231 cm³/mol. The molecule has 0 spiro atoms. The monoisotopic (exact) mass is 819 g/mol. The summed E-state index contributed by atoms with van der Waals surface area (Å²) in [6.07, 6.45) is 7.72. The first kappa shape index (κ1) is 43.7. The zero-order valence-electron chi connectivity index (χ0n) is 34.6. The number of para-hydroxylation sites is 1. The van der Waals surface area contributed by atoms with Gasteiger partial charge >= 0.3 is 0 Å². The number of nitrogens with one attached hydrogen (secondary N) is 2. The minimum absolute atomic E-state index is 0.192. The van der Waals surface area contributed by atoms with E-state index in [2.05, 4.69) is 26.2 Å². The maximum absolute atomic E-state index is 13.0. The minimum atomic E-state index is -0.717. The number of amides is 3. The minimum Gasteiger partial charge on any atom is -0.457 e. The molecular weight excluding hydrogens is 763 g/mol. The highest BCUT2D eigenvalue weighted by atomic mass is 16.5. The van der Waals surface area contributed by atoms with Crippen molar-refractivity contribution in [3.63, 3.8) is 0 Å². The molecule has 3 aromatic carbocycles. The lowest BCUT2D eigenvalue weighted by molar-refractivity contribution is -0.136. The van der Waals surface area contributed by atoms with E-state index in [9.17, 15) is 24.0 Å². The number of imide groups is 1. The Kier molecular flexibility index (Phi) is 15.2. The van der Waals surface area contributed by atoms with Gasteiger partial charge in [0, 0.05) is 82.0 Å². The number of nitrogens with zero attached hydrogens (tertiary/aromatic N) is 5. The van der Waals surface area contributed by atoms with Gasteiger partial charge < -0.3 is 36.2 Å². The van der Waals surface area contributed by atoms with Crippen molar-refractivity contribution in [2.75, 3.05) is 70.5 Å². The lowest BCUT2D eigenvalue weighted by Crippen LogP contribution is -2.54. The number of carbonyl (C=O) groups is 5. The van der Waals surface area contributed by atoms with E-state index in [0.29, 0.717) is 34.8 Å². The molecular formula is C45H57N9O6. The van der Waals surface area contributed by atoms with Gasteiger partial charge in [0.05, 0.1) is 17.2 Å². The second-order valence-electron chi connectivity index (χ2n) is 15.5. The Morgan fingerprint density at radius 1 is 0.900 bits per heavy atom. The van der Waals surface area contributed by atoms with Crippen molar-refractivity contribution in [2.24, 2.45) is 11.7 Å². The van der Waals surface area contributed by atoms with Gasteiger partial charge in [-0.1, -0.05) is 37.5 Å². The maximum Gasteiger partial charge on any atom is 0.255 e. The van der Waals surface area contributed by atoms with Crippen molar-refractivity contribution in [1.82, 2.24) is 30.2 Å². The van der Waals surface area contributed by atoms with Crippen LogP contribution in [0.5, 0.6) is 11.5 Å². The van der Waals surface area contributed by atoms with Crippen LogP contribution in [0.1, 0.15) is 82.1 Å². The fourth-order valence-corrected chi connectivity index (χ4v) is 8.28. The van der Waals surface area contributed by atoms with Crippen LogP contribution in [0.15, 0.2) is 72.8 Å². The molecule has 1 atom stereocenters. The Morgan fingerprint density at radius 2 is 1.58 bits per heavy atom. The molecule has 3 aliphatic heterocycles. The normalized spacial score (nSPS) is 18.4. The van der Waals surface area contributed by atoms with Crippen molar-refractivity contribution in [1.29, 1.82) is 0 Å². The van der Waals surface area contributed by atoms with Crippen molar-refractivity contribution in [2.45, 2.75) is 57.0 Å². The van der Waals surface area contributed by atoms with Crippen LogP contribution in [0.25, 0.3) is 11.3 Å². The van der Waals surface area contributed by atoms with Gasteiger partial charge in [-0.2, -0.15) is 5.10 Å². The number of piperidine rings is 1. The molecule has 1 unspecified atom stereocenters. The van der Waals surface area contributed by atoms with E-state index < -0.39 is 17.9 Å². The maximum atomic E-state index is 13.0. The molecule has 4 aliphatic rings. The highest BCUT2D eigenvalue weighted by Gasteiger charge is 2.34. The van der Waals surface area contributed by atoms with Gasteiger partial charge in [-0.25, -0.2) is 4.68 Å². The number of ether oxygens (including phenoxy) is 1. The third kappa shape index (κ3) is 10.4. The number of carbonyl (C=O) groups excluding carboxylic acids is 5. The third-order valence-corrected chi connectivity index (χ3v) is 11.6. The molecule has 4 heterocycles. The summed E-state index contributed by atoms with van der Waals surface area (Å²) in [6, 6.07) is 22.1. The van der Waals surface area contributed by atoms with Gasteiger partial charge in [0.25, 0.3) is 5.91 Å². The van der Waals surface area contributed by atoms with Crippen LogP contribution in [-0.4, -0.2) is 116 Å². The number of likely N-dealkylation sites (N-methyl/N-ethyl adjacent to an activating group) is 1. The Balaban J connectivity index is 0.000000195. The summed E-state index contributed by atoms with van der Waals surface area (Å²) in [5, 5.41) is 10.3. The van der Waals surface area contributed by atoms with Gasteiger partial charge in [0.2, 0.25) is 11.8 Å². The Hall–Kier alpha value is -5.90. The molecule has 8 rings (SSSR count). The van der Waals surface area contributed by atoms with E-state index in [-0.39, 0.29) is 30.4 Å². The molecule has 0 bridgehead atoms. The van der Waals surface area contributed by atoms with E-state index in [0.717, 1.165) is 87.7 Å². The Bertz CT molecular complexity index is 2090. The molecule has 4 fully saturated rings. The smallest absolute Gasteiger partial charge is 0.255 e. The highest BCUT2D eigenvalue weighted by molar-refractivity contribution is 6.06. The number of piperazine rings is 1. The fraction of sp³-hybridized carbons (Fsp3) is 0.422. The van der Waals surface area contributed by atoms with Crippen LogP contribution >= 0.6 is 0 Å². The number of aromatic nitrogens is 2. The fourth-order valence-electron chi connectivity index (χ4n) is 8.28. The second-order valence-corrected chi connectivity index (χ2v) is 15.5. The third-order valence-electron chi connectivity index (χ3n) is 11.6. The van der Waals surface area contributed by atoms with Crippen molar-refractivity contribution >= 4 is 41.8 Å². The number of hydrogen-bond donors (Lipinski definition) is 4. The summed E-state index contributed by atoms with van der Waals surface area (Å²) in [7, 11) is 3.03. The van der Waals surface area contributed by atoms with Crippen LogP contribution in [0.3, 0.4) is 0 Å².